The number of fused-ring (bicyclic) bond motifs is 3. The van der Waals surface area contributed by atoms with Crippen molar-refractivity contribution in [1.82, 2.24) is 4.98 Å². The monoisotopic (exact) mass is 495 g/mol. The fourth-order valence-corrected chi connectivity index (χ4v) is 6.02. The van der Waals surface area contributed by atoms with Crippen molar-refractivity contribution in [2.45, 2.75) is 24.7 Å². The number of hydrogen-bond acceptors (Lipinski definition) is 6. The molecule has 7 nitrogen and oxygen atoms in total. The Morgan fingerprint density at radius 1 is 1.10 bits per heavy atom. The molecule has 1 heterocycles. The Bertz CT molecular complexity index is 1430. The first-order chi connectivity index (χ1) is 14.7. The molecule has 160 valence electrons. The predicted octanol–water partition coefficient (Wildman–Crippen LogP) is 6.42. The smallest absolute Gasteiger partial charge is 0.258 e. The van der Waals surface area contributed by atoms with Crippen molar-refractivity contribution in [2.75, 3.05) is 4.72 Å². The molecule has 0 atom stereocenters. The van der Waals surface area contributed by atoms with Gasteiger partial charge in [0.2, 0.25) is 0 Å². The summed E-state index contributed by atoms with van der Waals surface area (Å²) >= 11 is 13.7. The van der Waals surface area contributed by atoms with E-state index in [0.717, 1.165) is 29.7 Å². The number of aromatic nitrogens is 1. The van der Waals surface area contributed by atoms with Crippen molar-refractivity contribution >= 4 is 76.4 Å². The number of anilines is 1. The second kappa shape index (κ2) is 8.23. The summed E-state index contributed by atoms with van der Waals surface area (Å²) in [6.07, 6.45) is 1.83. The molecule has 0 spiro atoms. The van der Waals surface area contributed by atoms with Crippen LogP contribution in [0.15, 0.2) is 47.4 Å². The van der Waals surface area contributed by atoms with Crippen LogP contribution in [0.3, 0.4) is 0 Å². The van der Waals surface area contributed by atoms with Crippen LogP contribution in [0.25, 0.3) is 21.0 Å². The number of halogens is 2. The molecular formula is C20H15Cl2N3O4S2. The first kappa shape index (κ1) is 21.8. The number of nitrogens with zero attached hydrogens (tertiary/aromatic N) is 2. The first-order valence-corrected chi connectivity index (χ1v) is 12.2. The molecule has 4 aromatic rings. The van der Waals surface area contributed by atoms with Crippen molar-refractivity contribution in [3.05, 3.63) is 68.2 Å². The number of sulfonamides is 1. The van der Waals surface area contributed by atoms with Gasteiger partial charge in [-0.3, -0.25) is 14.8 Å². The Morgan fingerprint density at radius 3 is 2.45 bits per heavy atom. The summed E-state index contributed by atoms with van der Waals surface area (Å²) < 4.78 is 28.5. The second-order valence-electron chi connectivity index (χ2n) is 6.81. The number of hydrogen-bond donors (Lipinski definition) is 1. The molecule has 0 radical (unpaired) electrons. The molecule has 4 rings (SSSR count). The lowest BCUT2D eigenvalue weighted by Crippen LogP contribution is -2.12. The van der Waals surface area contributed by atoms with Gasteiger partial charge in [-0.05, 0) is 30.2 Å². The molecule has 11 heteroatoms. The van der Waals surface area contributed by atoms with E-state index in [1.54, 1.807) is 24.3 Å². The number of nitrogens with one attached hydrogen (secondary N) is 1. The SMILES string of the molecule is CCCc1ccc(S(=O)(=O)Nc2nc3c(s2)c(Cl)c(Cl)c2ccc([N+](=O)[O-])cc23)cc1. The fourth-order valence-electron chi connectivity index (χ4n) is 3.24. The van der Waals surface area contributed by atoms with Gasteiger partial charge in [0.15, 0.2) is 5.13 Å². The molecule has 0 aliphatic heterocycles. The lowest BCUT2D eigenvalue weighted by Gasteiger charge is -2.06. The van der Waals surface area contributed by atoms with E-state index in [4.69, 9.17) is 23.2 Å². The van der Waals surface area contributed by atoms with Gasteiger partial charge in [-0.2, -0.15) is 0 Å². The second-order valence-corrected chi connectivity index (χ2v) is 10.2. The van der Waals surface area contributed by atoms with Crippen molar-refractivity contribution in [3.63, 3.8) is 0 Å². The minimum absolute atomic E-state index is 0.0876. The number of benzene rings is 3. The Kier molecular flexibility index (Phi) is 5.78. The van der Waals surface area contributed by atoms with E-state index in [1.165, 1.54) is 18.2 Å². The first-order valence-electron chi connectivity index (χ1n) is 9.18. The molecule has 0 aliphatic carbocycles. The molecule has 0 saturated heterocycles. The highest BCUT2D eigenvalue weighted by Gasteiger charge is 2.21. The number of rotatable bonds is 6. The molecule has 0 fully saturated rings. The molecule has 0 unspecified atom stereocenters. The van der Waals surface area contributed by atoms with Crippen LogP contribution in [0.2, 0.25) is 10.0 Å². The minimum Gasteiger partial charge on any atom is -0.258 e. The molecule has 3 aromatic carbocycles. The molecule has 0 bridgehead atoms. The van der Waals surface area contributed by atoms with Crippen LogP contribution < -0.4 is 4.72 Å². The average molecular weight is 496 g/mol. The number of nitro groups is 1. The van der Waals surface area contributed by atoms with Gasteiger partial charge in [-0.15, -0.1) is 0 Å². The van der Waals surface area contributed by atoms with Crippen LogP contribution in [0.1, 0.15) is 18.9 Å². The third-order valence-electron chi connectivity index (χ3n) is 4.72. The van der Waals surface area contributed by atoms with E-state index in [9.17, 15) is 18.5 Å². The highest BCUT2D eigenvalue weighted by molar-refractivity contribution is 7.93. The molecule has 1 aromatic heterocycles. The maximum atomic E-state index is 12.8. The van der Waals surface area contributed by atoms with Crippen molar-refractivity contribution in [3.8, 4) is 0 Å². The Labute approximate surface area is 191 Å². The van der Waals surface area contributed by atoms with E-state index in [0.29, 0.717) is 21.0 Å². The zero-order chi connectivity index (χ0) is 22.3. The largest absolute Gasteiger partial charge is 0.270 e. The number of aryl methyl sites for hydroxylation is 1. The summed E-state index contributed by atoms with van der Waals surface area (Å²) in [4.78, 5) is 15.1. The molecule has 0 amide bonds. The van der Waals surface area contributed by atoms with Crippen LogP contribution in [-0.2, 0) is 16.4 Å². The van der Waals surface area contributed by atoms with Gasteiger partial charge in [0.1, 0.15) is 0 Å². The number of non-ortho nitro benzene ring substituents is 1. The molecule has 31 heavy (non-hydrogen) atoms. The van der Waals surface area contributed by atoms with Gasteiger partial charge >= 0.3 is 0 Å². The van der Waals surface area contributed by atoms with E-state index in [2.05, 4.69) is 16.6 Å². The number of nitro benzene ring substituents is 1. The molecule has 0 saturated carbocycles. The molecule has 1 N–H and O–H groups in total. The Balaban J connectivity index is 1.79. The van der Waals surface area contributed by atoms with Crippen LogP contribution in [-0.4, -0.2) is 18.3 Å². The van der Waals surface area contributed by atoms with E-state index >= 15 is 0 Å². The van der Waals surface area contributed by atoms with E-state index in [1.807, 2.05) is 0 Å². The third-order valence-corrected chi connectivity index (χ3v) is 8.17. The van der Waals surface area contributed by atoms with E-state index in [-0.39, 0.29) is 25.8 Å². The van der Waals surface area contributed by atoms with Crippen molar-refractivity contribution in [2.24, 2.45) is 0 Å². The van der Waals surface area contributed by atoms with Crippen molar-refractivity contribution in [1.29, 1.82) is 0 Å². The average Bonchev–Trinajstić information content (AvgIpc) is 3.15. The minimum atomic E-state index is -3.88. The zero-order valence-corrected chi connectivity index (χ0v) is 19.2. The molecule has 0 aliphatic rings. The van der Waals surface area contributed by atoms with E-state index < -0.39 is 14.9 Å². The fraction of sp³-hybridized carbons (Fsp3) is 0.150. The topological polar surface area (TPSA) is 102 Å². The van der Waals surface area contributed by atoms with Crippen molar-refractivity contribution < 1.29 is 13.3 Å². The lowest BCUT2D eigenvalue weighted by atomic mass is 10.1. The van der Waals surface area contributed by atoms with Gasteiger partial charge in [0.05, 0.1) is 30.1 Å². The summed E-state index contributed by atoms with van der Waals surface area (Å²) in [5.74, 6) is 0. The summed E-state index contributed by atoms with van der Waals surface area (Å²) in [5, 5.41) is 12.6. The zero-order valence-electron chi connectivity index (χ0n) is 16.1. The summed E-state index contributed by atoms with van der Waals surface area (Å²) in [5.41, 5.74) is 1.26. The standard InChI is InChI=1S/C20H15Cl2N3O4S2/c1-2-3-11-4-7-13(8-5-11)31(28,29)24-20-23-18-15-10-12(25(26)27)6-9-14(15)16(21)17(22)19(18)30-20/h4-10H,2-3H2,1H3,(H,23,24). The van der Waals surface area contributed by atoms with Gasteiger partial charge < -0.3 is 0 Å². The van der Waals surface area contributed by atoms with Crippen LogP contribution in [0.5, 0.6) is 0 Å². The highest BCUT2D eigenvalue weighted by atomic mass is 35.5. The quantitative estimate of drug-likeness (QED) is 0.245. The maximum Gasteiger partial charge on any atom is 0.270 e. The normalized spacial score (nSPS) is 11.8. The van der Waals surface area contributed by atoms with Gasteiger partial charge in [0, 0.05) is 22.9 Å². The summed E-state index contributed by atoms with van der Waals surface area (Å²) in [6.45, 7) is 2.05. The highest BCUT2D eigenvalue weighted by Crippen LogP contribution is 2.44. The van der Waals surface area contributed by atoms with Crippen LogP contribution >= 0.6 is 34.5 Å². The Morgan fingerprint density at radius 2 is 1.81 bits per heavy atom. The van der Waals surface area contributed by atoms with Gasteiger partial charge in [-0.25, -0.2) is 13.4 Å². The lowest BCUT2D eigenvalue weighted by molar-refractivity contribution is -0.384. The summed E-state index contributed by atoms with van der Waals surface area (Å²) in [6, 6.07) is 10.8. The summed E-state index contributed by atoms with van der Waals surface area (Å²) in [7, 11) is -3.88. The number of thiazole rings is 1. The Hall–Kier alpha value is -2.46. The third kappa shape index (κ3) is 4.06. The maximum absolute atomic E-state index is 12.8. The van der Waals surface area contributed by atoms with Gasteiger partial charge in [0.25, 0.3) is 15.7 Å². The van der Waals surface area contributed by atoms with Gasteiger partial charge in [-0.1, -0.05) is 60.0 Å². The molecular weight excluding hydrogens is 481 g/mol. The van der Waals surface area contributed by atoms with Crippen LogP contribution in [0.4, 0.5) is 10.8 Å². The predicted molar refractivity (Wildman–Crippen MR) is 125 cm³/mol. The van der Waals surface area contributed by atoms with Crippen LogP contribution in [0, 0.1) is 10.1 Å².